The van der Waals surface area contributed by atoms with Crippen LogP contribution in [0.2, 0.25) is 0 Å². The summed E-state index contributed by atoms with van der Waals surface area (Å²) < 4.78 is 0. The number of carbonyl (C=O) groups excluding carboxylic acids is 1. The SMILES string of the molecule is CC(CC1CC1)NC(=O)c1ncccc1O. The van der Waals surface area contributed by atoms with Crippen molar-refractivity contribution in [3.05, 3.63) is 24.0 Å². The normalized spacial score (nSPS) is 16.8. The fraction of sp³-hybridized carbons (Fsp3) is 0.500. The van der Waals surface area contributed by atoms with Gasteiger partial charge in [0.2, 0.25) is 0 Å². The highest BCUT2D eigenvalue weighted by molar-refractivity contribution is 5.94. The van der Waals surface area contributed by atoms with Crippen molar-refractivity contribution in [2.45, 2.75) is 32.2 Å². The summed E-state index contributed by atoms with van der Waals surface area (Å²) in [4.78, 5) is 15.6. The van der Waals surface area contributed by atoms with Gasteiger partial charge in [0.1, 0.15) is 5.75 Å². The lowest BCUT2D eigenvalue weighted by Crippen LogP contribution is -2.33. The summed E-state index contributed by atoms with van der Waals surface area (Å²) in [6.07, 6.45) is 5.06. The summed E-state index contributed by atoms with van der Waals surface area (Å²) in [5, 5.41) is 12.3. The Morgan fingerprint density at radius 3 is 3.06 bits per heavy atom. The van der Waals surface area contributed by atoms with Crippen LogP contribution >= 0.6 is 0 Å². The van der Waals surface area contributed by atoms with E-state index >= 15 is 0 Å². The molecule has 2 rings (SSSR count). The smallest absolute Gasteiger partial charge is 0.273 e. The highest BCUT2D eigenvalue weighted by atomic mass is 16.3. The molecule has 0 aromatic carbocycles. The number of nitrogens with zero attached hydrogens (tertiary/aromatic N) is 1. The van der Waals surface area contributed by atoms with E-state index in [9.17, 15) is 9.90 Å². The highest BCUT2D eigenvalue weighted by Crippen LogP contribution is 2.33. The fourth-order valence-electron chi connectivity index (χ4n) is 1.78. The molecule has 86 valence electrons. The number of rotatable bonds is 4. The Hall–Kier alpha value is -1.58. The average Bonchev–Trinajstić information content (AvgIpc) is 3.01. The molecule has 1 aliphatic rings. The summed E-state index contributed by atoms with van der Waals surface area (Å²) in [5.41, 5.74) is 0.102. The zero-order valence-corrected chi connectivity index (χ0v) is 9.31. The van der Waals surface area contributed by atoms with Crippen molar-refractivity contribution in [2.24, 2.45) is 5.92 Å². The molecule has 0 bridgehead atoms. The van der Waals surface area contributed by atoms with Gasteiger partial charge in [-0.25, -0.2) is 4.98 Å². The molecule has 1 heterocycles. The van der Waals surface area contributed by atoms with Gasteiger partial charge in [-0.15, -0.1) is 0 Å². The molecular weight excluding hydrogens is 204 g/mol. The standard InChI is InChI=1S/C12H16N2O2/c1-8(7-9-4-5-9)14-12(16)11-10(15)3-2-6-13-11/h2-3,6,8-9,15H,4-5,7H2,1H3,(H,14,16). The molecule has 1 saturated carbocycles. The quantitative estimate of drug-likeness (QED) is 0.812. The molecule has 1 atom stereocenters. The van der Waals surface area contributed by atoms with E-state index in [1.54, 1.807) is 6.07 Å². The summed E-state index contributed by atoms with van der Waals surface area (Å²) in [6, 6.07) is 3.20. The van der Waals surface area contributed by atoms with E-state index in [1.165, 1.54) is 25.1 Å². The molecular formula is C12H16N2O2. The van der Waals surface area contributed by atoms with Crippen molar-refractivity contribution in [1.29, 1.82) is 0 Å². The fourth-order valence-corrected chi connectivity index (χ4v) is 1.78. The minimum atomic E-state index is -0.300. The van der Waals surface area contributed by atoms with Gasteiger partial charge in [-0.05, 0) is 31.4 Å². The second-order valence-corrected chi connectivity index (χ2v) is 4.42. The van der Waals surface area contributed by atoms with Gasteiger partial charge >= 0.3 is 0 Å². The molecule has 0 radical (unpaired) electrons. The first kappa shape index (κ1) is 10.9. The predicted octanol–water partition coefficient (Wildman–Crippen LogP) is 1.71. The zero-order valence-electron chi connectivity index (χ0n) is 9.31. The third-order valence-electron chi connectivity index (χ3n) is 2.76. The lowest BCUT2D eigenvalue weighted by atomic mass is 10.1. The van der Waals surface area contributed by atoms with Gasteiger partial charge in [-0.3, -0.25) is 4.79 Å². The molecule has 0 aliphatic heterocycles. The first-order valence-electron chi connectivity index (χ1n) is 5.61. The van der Waals surface area contributed by atoms with Crippen LogP contribution in [0.15, 0.2) is 18.3 Å². The Labute approximate surface area is 94.7 Å². The molecule has 0 saturated heterocycles. The Morgan fingerprint density at radius 1 is 1.69 bits per heavy atom. The number of aromatic nitrogens is 1. The van der Waals surface area contributed by atoms with Gasteiger partial charge in [0, 0.05) is 12.2 Å². The second-order valence-electron chi connectivity index (χ2n) is 4.42. The molecule has 1 aliphatic carbocycles. The van der Waals surface area contributed by atoms with Crippen LogP contribution in [0.25, 0.3) is 0 Å². The van der Waals surface area contributed by atoms with Crippen molar-refractivity contribution < 1.29 is 9.90 Å². The summed E-state index contributed by atoms with van der Waals surface area (Å²) in [5.74, 6) is 0.400. The lowest BCUT2D eigenvalue weighted by Gasteiger charge is -2.13. The summed E-state index contributed by atoms with van der Waals surface area (Å²) >= 11 is 0. The van der Waals surface area contributed by atoms with Crippen molar-refractivity contribution in [1.82, 2.24) is 10.3 Å². The van der Waals surface area contributed by atoms with Crippen molar-refractivity contribution in [3.8, 4) is 5.75 Å². The molecule has 1 amide bonds. The third kappa shape index (κ3) is 2.72. The maximum Gasteiger partial charge on any atom is 0.273 e. The van der Waals surface area contributed by atoms with Gasteiger partial charge in [0.25, 0.3) is 5.91 Å². The maximum absolute atomic E-state index is 11.7. The molecule has 4 nitrogen and oxygen atoms in total. The van der Waals surface area contributed by atoms with Crippen LogP contribution in [0.3, 0.4) is 0 Å². The van der Waals surface area contributed by atoms with E-state index < -0.39 is 0 Å². The van der Waals surface area contributed by atoms with Crippen LogP contribution in [0.1, 0.15) is 36.7 Å². The highest BCUT2D eigenvalue weighted by Gasteiger charge is 2.24. The molecule has 1 aromatic rings. The number of carbonyl (C=O) groups is 1. The number of hydrogen-bond donors (Lipinski definition) is 2. The maximum atomic E-state index is 11.7. The van der Waals surface area contributed by atoms with E-state index in [0.29, 0.717) is 0 Å². The molecule has 16 heavy (non-hydrogen) atoms. The topological polar surface area (TPSA) is 62.2 Å². The Kier molecular flexibility index (Phi) is 3.08. The number of hydrogen-bond acceptors (Lipinski definition) is 3. The number of amides is 1. The predicted molar refractivity (Wildman–Crippen MR) is 60.2 cm³/mol. The van der Waals surface area contributed by atoms with Gasteiger partial charge in [0.05, 0.1) is 0 Å². The van der Waals surface area contributed by atoms with Gasteiger partial charge in [0.15, 0.2) is 5.69 Å². The van der Waals surface area contributed by atoms with E-state index in [4.69, 9.17) is 0 Å². The van der Waals surface area contributed by atoms with E-state index in [-0.39, 0.29) is 23.4 Å². The molecule has 4 heteroatoms. The Morgan fingerprint density at radius 2 is 2.44 bits per heavy atom. The van der Waals surface area contributed by atoms with Crippen LogP contribution < -0.4 is 5.32 Å². The van der Waals surface area contributed by atoms with Crippen LogP contribution in [0.4, 0.5) is 0 Å². The van der Waals surface area contributed by atoms with E-state index in [1.807, 2.05) is 6.92 Å². The summed E-state index contributed by atoms with van der Waals surface area (Å²) in [7, 11) is 0. The minimum Gasteiger partial charge on any atom is -0.505 e. The van der Waals surface area contributed by atoms with E-state index in [0.717, 1.165) is 12.3 Å². The second kappa shape index (κ2) is 4.51. The molecule has 1 aromatic heterocycles. The zero-order chi connectivity index (χ0) is 11.5. The molecule has 2 N–H and O–H groups in total. The Bertz CT molecular complexity index is 388. The lowest BCUT2D eigenvalue weighted by molar-refractivity contribution is 0.0929. The van der Waals surface area contributed by atoms with Gasteiger partial charge < -0.3 is 10.4 Å². The number of aromatic hydroxyl groups is 1. The van der Waals surface area contributed by atoms with Crippen molar-refractivity contribution in [2.75, 3.05) is 0 Å². The molecule has 0 spiro atoms. The monoisotopic (exact) mass is 220 g/mol. The minimum absolute atomic E-state index is 0.0707. The third-order valence-corrected chi connectivity index (χ3v) is 2.76. The molecule has 1 unspecified atom stereocenters. The van der Waals surface area contributed by atoms with Gasteiger partial charge in [-0.1, -0.05) is 12.8 Å². The van der Waals surface area contributed by atoms with E-state index in [2.05, 4.69) is 10.3 Å². The largest absolute Gasteiger partial charge is 0.505 e. The number of pyridine rings is 1. The van der Waals surface area contributed by atoms with Crippen molar-refractivity contribution in [3.63, 3.8) is 0 Å². The van der Waals surface area contributed by atoms with Crippen LogP contribution in [0.5, 0.6) is 5.75 Å². The molecule has 1 fully saturated rings. The van der Waals surface area contributed by atoms with Crippen LogP contribution in [-0.4, -0.2) is 22.0 Å². The first-order chi connectivity index (χ1) is 7.66. The van der Waals surface area contributed by atoms with Crippen molar-refractivity contribution >= 4 is 5.91 Å². The average molecular weight is 220 g/mol. The Balaban J connectivity index is 1.94. The van der Waals surface area contributed by atoms with Crippen LogP contribution in [-0.2, 0) is 0 Å². The first-order valence-corrected chi connectivity index (χ1v) is 5.61. The summed E-state index contributed by atoms with van der Waals surface area (Å²) in [6.45, 7) is 1.98. The number of nitrogens with one attached hydrogen (secondary N) is 1. The van der Waals surface area contributed by atoms with Crippen LogP contribution in [0, 0.1) is 5.92 Å². The van der Waals surface area contributed by atoms with Gasteiger partial charge in [-0.2, -0.15) is 0 Å².